The zero-order valence-electron chi connectivity index (χ0n) is 8.79. The molecule has 0 aliphatic carbocycles. The third kappa shape index (κ3) is 2.51. The number of nitrogens with one attached hydrogen (secondary N) is 1. The van der Waals surface area contributed by atoms with Gasteiger partial charge in [-0.2, -0.15) is 0 Å². The molecular weight excluding hydrogens is 244 g/mol. The first kappa shape index (κ1) is 11.4. The number of halogens is 1. The molecule has 0 saturated heterocycles. The maximum Gasteiger partial charge on any atom is 0.227 e. The zero-order chi connectivity index (χ0) is 11.5. The quantitative estimate of drug-likeness (QED) is 0.855. The van der Waals surface area contributed by atoms with Gasteiger partial charge >= 0.3 is 0 Å². The molecule has 0 unspecified atom stereocenters. The molecule has 5 heteroatoms. The number of aromatic nitrogens is 1. The zero-order valence-corrected chi connectivity index (χ0v) is 10.4. The molecule has 1 aromatic heterocycles. The van der Waals surface area contributed by atoms with Gasteiger partial charge in [0.05, 0.1) is 10.2 Å². The number of hydrogen-bond donors (Lipinski definition) is 1. The van der Waals surface area contributed by atoms with Gasteiger partial charge in [0.25, 0.3) is 0 Å². The molecular formula is C11H11ClN2OS. The van der Waals surface area contributed by atoms with Crippen molar-refractivity contribution >= 4 is 44.2 Å². The predicted molar refractivity (Wildman–Crippen MR) is 68.3 cm³/mol. The number of amides is 1. The van der Waals surface area contributed by atoms with Crippen molar-refractivity contribution in [3.63, 3.8) is 0 Å². The smallest absolute Gasteiger partial charge is 0.227 e. The van der Waals surface area contributed by atoms with Gasteiger partial charge in [-0.25, -0.2) is 4.98 Å². The van der Waals surface area contributed by atoms with E-state index in [2.05, 4.69) is 16.4 Å². The van der Waals surface area contributed by atoms with Gasteiger partial charge in [-0.05, 0) is 24.6 Å². The predicted octanol–water partition coefficient (Wildman–Crippen LogP) is 3.17. The lowest BCUT2D eigenvalue weighted by molar-refractivity contribution is -0.115. The van der Waals surface area contributed by atoms with Gasteiger partial charge in [-0.15, -0.1) is 11.6 Å². The molecule has 0 spiro atoms. The van der Waals surface area contributed by atoms with Crippen molar-refractivity contribution in [2.75, 3.05) is 11.2 Å². The van der Waals surface area contributed by atoms with Gasteiger partial charge in [0.15, 0.2) is 5.13 Å². The highest BCUT2D eigenvalue weighted by molar-refractivity contribution is 7.22. The maximum atomic E-state index is 11.3. The summed E-state index contributed by atoms with van der Waals surface area (Å²) in [5, 5.41) is 3.37. The van der Waals surface area contributed by atoms with Crippen LogP contribution >= 0.6 is 22.9 Å². The first-order valence-corrected chi connectivity index (χ1v) is 6.27. The Bertz CT molecular complexity index is 524. The second-order valence-electron chi connectivity index (χ2n) is 3.48. The van der Waals surface area contributed by atoms with Crippen LogP contribution in [0.1, 0.15) is 12.0 Å². The van der Waals surface area contributed by atoms with E-state index in [0.717, 1.165) is 10.2 Å². The fraction of sp³-hybridized carbons (Fsp3) is 0.273. The molecule has 1 aromatic carbocycles. The summed E-state index contributed by atoms with van der Waals surface area (Å²) in [6, 6.07) is 6.02. The first-order valence-electron chi connectivity index (χ1n) is 4.92. The summed E-state index contributed by atoms with van der Waals surface area (Å²) in [4.78, 5) is 15.6. The standard InChI is InChI=1S/C11H11ClN2OS/c1-7-2-3-8-9(6-7)16-11(13-8)14-10(15)4-5-12/h2-3,6H,4-5H2,1H3,(H,13,14,15). The van der Waals surface area contributed by atoms with Crippen molar-refractivity contribution in [3.8, 4) is 0 Å². The van der Waals surface area contributed by atoms with Gasteiger partial charge < -0.3 is 5.32 Å². The number of carbonyl (C=O) groups is 1. The monoisotopic (exact) mass is 254 g/mol. The van der Waals surface area contributed by atoms with E-state index < -0.39 is 0 Å². The number of benzene rings is 1. The number of aryl methyl sites for hydroxylation is 1. The van der Waals surface area contributed by atoms with E-state index in [4.69, 9.17) is 11.6 Å². The number of nitrogens with zero attached hydrogens (tertiary/aromatic N) is 1. The second kappa shape index (κ2) is 4.80. The summed E-state index contributed by atoms with van der Waals surface area (Å²) in [5.74, 6) is 0.237. The summed E-state index contributed by atoms with van der Waals surface area (Å²) in [6.45, 7) is 2.03. The Morgan fingerprint density at radius 1 is 1.56 bits per heavy atom. The SMILES string of the molecule is Cc1ccc2nc(NC(=O)CCCl)sc2c1. The van der Waals surface area contributed by atoms with E-state index in [1.165, 1.54) is 16.9 Å². The number of hydrogen-bond acceptors (Lipinski definition) is 3. The van der Waals surface area contributed by atoms with Gasteiger partial charge in [0.1, 0.15) is 0 Å². The van der Waals surface area contributed by atoms with Crippen LogP contribution in [0.15, 0.2) is 18.2 Å². The summed E-state index contributed by atoms with van der Waals surface area (Å²) in [7, 11) is 0. The van der Waals surface area contributed by atoms with Crippen molar-refractivity contribution < 1.29 is 4.79 Å². The molecule has 2 rings (SSSR count). The van der Waals surface area contributed by atoms with E-state index >= 15 is 0 Å². The molecule has 1 heterocycles. The Morgan fingerprint density at radius 3 is 3.12 bits per heavy atom. The minimum absolute atomic E-state index is 0.0919. The Kier molecular flexibility index (Phi) is 3.41. The van der Waals surface area contributed by atoms with Crippen molar-refractivity contribution in [2.45, 2.75) is 13.3 Å². The second-order valence-corrected chi connectivity index (χ2v) is 4.89. The molecule has 16 heavy (non-hydrogen) atoms. The fourth-order valence-electron chi connectivity index (χ4n) is 1.35. The molecule has 2 aromatic rings. The lowest BCUT2D eigenvalue weighted by Gasteiger charge is -1.96. The van der Waals surface area contributed by atoms with Gasteiger partial charge in [-0.3, -0.25) is 4.79 Å². The normalized spacial score (nSPS) is 10.6. The van der Waals surface area contributed by atoms with Crippen molar-refractivity contribution in [1.82, 2.24) is 4.98 Å². The first-order chi connectivity index (χ1) is 7.69. The number of fused-ring (bicyclic) bond motifs is 1. The topological polar surface area (TPSA) is 42.0 Å². The summed E-state index contributed by atoms with van der Waals surface area (Å²) in [5.41, 5.74) is 2.10. The Labute approximate surface area is 102 Å². The third-order valence-electron chi connectivity index (χ3n) is 2.11. The summed E-state index contributed by atoms with van der Waals surface area (Å²) in [6.07, 6.45) is 0.316. The molecule has 1 N–H and O–H groups in total. The minimum atomic E-state index is -0.0919. The minimum Gasteiger partial charge on any atom is -0.302 e. The lowest BCUT2D eigenvalue weighted by Crippen LogP contribution is -2.11. The fourth-order valence-corrected chi connectivity index (χ4v) is 2.50. The van der Waals surface area contributed by atoms with Crippen LogP contribution in [0.2, 0.25) is 0 Å². The highest BCUT2D eigenvalue weighted by Gasteiger charge is 2.07. The average Bonchev–Trinajstić information content (AvgIpc) is 2.59. The molecule has 0 radical (unpaired) electrons. The van der Waals surface area contributed by atoms with E-state index in [-0.39, 0.29) is 5.91 Å². The molecule has 84 valence electrons. The van der Waals surface area contributed by atoms with Gasteiger partial charge in [-0.1, -0.05) is 17.4 Å². The Balaban J connectivity index is 2.23. The van der Waals surface area contributed by atoms with Crippen LogP contribution < -0.4 is 5.32 Å². The number of carbonyl (C=O) groups excluding carboxylic acids is 1. The maximum absolute atomic E-state index is 11.3. The van der Waals surface area contributed by atoms with E-state index in [1.807, 2.05) is 19.1 Å². The van der Waals surface area contributed by atoms with Crippen LogP contribution in [0.5, 0.6) is 0 Å². The highest BCUT2D eigenvalue weighted by Crippen LogP contribution is 2.26. The van der Waals surface area contributed by atoms with Crippen LogP contribution in [0.3, 0.4) is 0 Å². The number of thiazole rings is 1. The Hall–Kier alpha value is -1.13. The van der Waals surface area contributed by atoms with Crippen LogP contribution in [-0.4, -0.2) is 16.8 Å². The molecule has 0 aliphatic heterocycles. The van der Waals surface area contributed by atoms with E-state index in [0.29, 0.717) is 17.4 Å². The molecule has 1 amide bonds. The van der Waals surface area contributed by atoms with Crippen LogP contribution in [-0.2, 0) is 4.79 Å². The lowest BCUT2D eigenvalue weighted by atomic mass is 10.2. The molecule has 0 bridgehead atoms. The molecule has 0 aliphatic rings. The van der Waals surface area contributed by atoms with Gasteiger partial charge in [0.2, 0.25) is 5.91 Å². The van der Waals surface area contributed by atoms with Crippen molar-refractivity contribution in [1.29, 1.82) is 0 Å². The summed E-state index contributed by atoms with van der Waals surface area (Å²) < 4.78 is 1.08. The highest BCUT2D eigenvalue weighted by atomic mass is 35.5. The Morgan fingerprint density at radius 2 is 2.38 bits per heavy atom. The molecule has 0 saturated carbocycles. The summed E-state index contributed by atoms with van der Waals surface area (Å²) >= 11 is 6.96. The third-order valence-corrected chi connectivity index (χ3v) is 3.23. The van der Waals surface area contributed by atoms with Crippen molar-refractivity contribution in [2.24, 2.45) is 0 Å². The number of anilines is 1. The van der Waals surface area contributed by atoms with E-state index in [9.17, 15) is 4.79 Å². The molecule has 0 fully saturated rings. The molecule has 0 atom stereocenters. The van der Waals surface area contributed by atoms with Crippen LogP contribution in [0.4, 0.5) is 5.13 Å². The number of rotatable bonds is 3. The average molecular weight is 255 g/mol. The van der Waals surface area contributed by atoms with E-state index in [1.54, 1.807) is 0 Å². The number of alkyl halides is 1. The largest absolute Gasteiger partial charge is 0.302 e. The molecule has 3 nitrogen and oxygen atoms in total. The van der Waals surface area contributed by atoms with Gasteiger partial charge in [0, 0.05) is 12.3 Å². The van der Waals surface area contributed by atoms with Crippen molar-refractivity contribution in [3.05, 3.63) is 23.8 Å². The van der Waals surface area contributed by atoms with Crippen LogP contribution in [0, 0.1) is 6.92 Å². The van der Waals surface area contributed by atoms with Crippen LogP contribution in [0.25, 0.3) is 10.2 Å².